The van der Waals surface area contributed by atoms with Crippen molar-refractivity contribution in [3.63, 3.8) is 0 Å². The highest BCUT2D eigenvalue weighted by Crippen LogP contribution is 2.12. The average molecular weight is 217 g/mol. The maximum absolute atomic E-state index is 11.3. The largest absolute Gasteiger partial charge is 0.347 e. The molecule has 0 saturated carbocycles. The van der Waals surface area contributed by atoms with Crippen molar-refractivity contribution in [1.82, 2.24) is 5.32 Å². The minimum atomic E-state index is -0.363. The van der Waals surface area contributed by atoms with Gasteiger partial charge >= 0.3 is 0 Å². The normalized spacial score (nSPS) is 9.00. The zero-order chi connectivity index (χ0) is 12.0. The van der Waals surface area contributed by atoms with Crippen molar-refractivity contribution in [2.45, 2.75) is 6.92 Å². The number of anilines is 1. The molecule has 0 aliphatic carbocycles. The van der Waals surface area contributed by atoms with Gasteiger partial charge in [-0.05, 0) is 12.1 Å². The van der Waals surface area contributed by atoms with Crippen molar-refractivity contribution in [3.05, 3.63) is 29.8 Å². The Bertz CT molecular complexity index is 449. The molecule has 2 amide bonds. The van der Waals surface area contributed by atoms with Gasteiger partial charge < -0.3 is 10.6 Å². The van der Waals surface area contributed by atoms with Crippen LogP contribution in [0.1, 0.15) is 12.5 Å². The molecule has 0 saturated heterocycles. The summed E-state index contributed by atoms with van der Waals surface area (Å²) in [5.41, 5.74) is 0.832. The Labute approximate surface area is 93.1 Å². The van der Waals surface area contributed by atoms with Gasteiger partial charge in [0.15, 0.2) is 0 Å². The molecule has 1 aromatic carbocycles. The van der Waals surface area contributed by atoms with Gasteiger partial charge in [-0.15, -0.1) is 0 Å². The average Bonchev–Trinajstić information content (AvgIpc) is 2.27. The molecule has 16 heavy (non-hydrogen) atoms. The van der Waals surface area contributed by atoms with Crippen molar-refractivity contribution in [2.75, 3.05) is 11.9 Å². The number of benzene rings is 1. The molecule has 1 rings (SSSR count). The number of carbonyl (C=O) groups is 2. The molecular weight excluding hydrogens is 206 g/mol. The van der Waals surface area contributed by atoms with E-state index in [-0.39, 0.29) is 18.4 Å². The van der Waals surface area contributed by atoms with Crippen LogP contribution < -0.4 is 10.6 Å². The van der Waals surface area contributed by atoms with Crippen LogP contribution in [0.25, 0.3) is 0 Å². The van der Waals surface area contributed by atoms with Gasteiger partial charge in [-0.25, -0.2) is 0 Å². The number of nitrogens with zero attached hydrogens (tertiary/aromatic N) is 1. The summed E-state index contributed by atoms with van der Waals surface area (Å²) in [7, 11) is 0. The van der Waals surface area contributed by atoms with Crippen LogP contribution in [0.3, 0.4) is 0 Å². The standard InChI is InChI=1S/C11H11N3O2/c1-8(15)13-7-11(16)14-10-5-3-2-4-9(10)6-12/h2-5H,7H2,1H3,(H,13,15)(H,14,16). The van der Waals surface area contributed by atoms with Crippen LogP contribution in [-0.4, -0.2) is 18.4 Å². The maximum atomic E-state index is 11.3. The van der Waals surface area contributed by atoms with Gasteiger partial charge in [0, 0.05) is 6.92 Å². The Morgan fingerprint density at radius 1 is 1.38 bits per heavy atom. The van der Waals surface area contributed by atoms with Crippen LogP contribution in [-0.2, 0) is 9.59 Å². The molecule has 1 aromatic rings. The van der Waals surface area contributed by atoms with Crippen LogP contribution in [0.5, 0.6) is 0 Å². The Balaban J connectivity index is 2.63. The first-order chi connectivity index (χ1) is 7.63. The highest BCUT2D eigenvalue weighted by molar-refractivity contribution is 5.95. The zero-order valence-corrected chi connectivity index (χ0v) is 8.78. The highest BCUT2D eigenvalue weighted by Gasteiger charge is 2.05. The van der Waals surface area contributed by atoms with Gasteiger partial charge in [-0.3, -0.25) is 9.59 Å². The quantitative estimate of drug-likeness (QED) is 0.779. The predicted molar refractivity (Wildman–Crippen MR) is 58.5 cm³/mol. The number of para-hydroxylation sites is 1. The van der Waals surface area contributed by atoms with Gasteiger partial charge in [0.1, 0.15) is 6.07 Å². The Kier molecular flexibility index (Phi) is 4.04. The summed E-state index contributed by atoms with van der Waals surface area (Å²) in [6.07, 6.45) is 0. The van der Waals surface area contributed by atoms with E-state index < -0.39 is 0 Å². The molecule has 5 nitrogen and oxygen atoms in total. The van der Waals surface area contributed by atoms with E-state index in [0.717, 1.165) is 0 Å². The van der Waals surface area contributed by atoms with Crippen LogP contribution in [0, 0.1) is 11.3 Å². The third-order valence-electron chi connectivity index (χ3n) is 1.82. The van der Waals surface area contributed by atoms with Crippen LogP contribution in [0.15, 0.2) is 24.3 Å². The minimum Gasteiger partial charge on any atom is -0.347 e. The van der Waals surface area contributed by atoms with Crippen molar-refractivity contribution in [3.8, 4) is 6.07 Å². The fourth-order valence-corrected chi connectivity index (χ4v) is 1.09. The molecule has 0 heterocycles. The first-order valence-corrected chi connectivity index (χ1v) is 4.67. The number of carbonyl (C=O) groups excluding carboxylic acids is 2. The maximum Gasteiger partial charge on any atom is 0.243 e. The fourth-order valence-electron chi connectivity index (χ4n) is 1.09. The smallest absolute Gasteiger partial charge is 0.243 e. The Morgan fingerprint density at radius 2 is 2.06 bits per heavy atom. The van der Waals surface area contributed by atoms with Gasteiger partial charge in [-0.2, -0.15) is 5.26 Å². The van der Waals surface area contributed by atoms with Crippen molar-refractivity contribution >= 4 is 17.5 Å². The second kappa shape index (κ2) is 5.51. The Morgan fingerprint density at radius 3 is 2.69 bits per heavy atom. The monoisotopic (exact) mass is 217 g/mol. The molecule has 82 valence electrons. The van der Waals surface area contributed by atoms with Crippen LogP contribution >= 0.6 is 0 Å². The summed E-state index contributed by atoms with van der Waals surface area (Å²) in [5.74, 6) is -0.637. The van der Waals surface area contributed by atoms with E-state index in [4.69, 9.17) is 5.26 Å². The molecule has 0 aliphatic rings. The molecule has 0 aliphatic heterocycles. The first kappa shape index (κ1) is 11.7. The molecule has 0 unspecified atom stereocenters. The molecule has 0 radical (unpaired) electrons. The second-order valence-corrected chi connectivity index (χ2v) is 3.12. The fraction of sp³-hybridized carbons (Fsp3) is 0.182. The van der Waals surface area contributed by atoms with Gasteiger partial charge in [0.05, 0.1) is 17.8 Å². The molecule has 2 N–H and O–H groups in total. The van der Waals surface area contributed by atoms with Crippen LogP contribution in [0.4, 0.5) is 5.69 Å². The van der Waals surface area contributed by atoms with E-state index in [1.807, 2.05) is 6.07 Å². The summed E-state index contributed by atoms with van der Waals surface area (Å²) in [6, 6.07) is 8.63. The van der Waals surface area contributed by atoms with E-state index in [0.29, 0.717) is 11.3 Å². The summed E-state index contributed by atoms with van der Waals surface area (Å²) < 4.78 is 0. The topological polar surface area (TPSA) is 82.0 Å². The van der Waals surface area contributed by atoms with E-state index in [1.54, 1.807) is 24.3 Å². The lowest BCUT2D eigenvalue weighted by Gasteiger charge is -2.06. The number of hydrogen-bond donors (Lipinski definition) is 2. The third-order valence-corrected chi connectivity index (χ3v) is 1.82. The predicted octanol–water partition coefficient (Wildman–Crippen LogP) is 0.633. The van der Waals surface area contributed by atoms with Gasteiger partial charge in [0.2, 0.25) is 11.8 Å². The minimum absolute atomic E-state index is 0.102. The lowest BCUT2D eigenvalue weighted by atomic mass is 10.2. The molecule has 0 bridgehead atoms. The molecule has 0 atom stereocenters. The number of rotatable bonds is 3. The highest BCUT2D eigenvalue weighted by atomic mass is 16.2. The van der Waals surface area contributed by atoms with Crippen molar-refractivity contribution in [2.24, 2.45) is 0 Å². The second-order valence-electron chi connectivity index (χ2n) is 3.12. The van der Waals surface area contributed by atoms with Gasteiger partial charge in [0.25, 0.3) is 0 Å². The van der Waals surface area contributed by atoms with Crippen LogP contribution in [0.2, 0.25) is 0 Å². The lowest BCUT2D eigenvalue weighted by molar-refractivity contribution is -0.122. The summed E-state index contributed by atoms with van der Waals surface area (Å²) >= 11 is 0. The number of hydrogen-bond acceptors (Lipinski definition) is 3. The molecule has 0 aromatic heterocycles. The van der Waals surface area contributed by atoms with Crippen molar-refractivity contribution < 1.29 is 9.59 Å². The molecule has 0 fully saturated rings. The van der Waals surface area contributed by atoms with E-state index >= 15 is 0 Å². The zero-order valence-electron chi connectivity index (χ0n) is 8.78. The van der Waals surface area contributed by atoms with Crippen molar-refractivity contribution in [1.29, 1.82) is 5.26 Å². The SMILES string of the molecule is CC(=O)NCC(=O)Nc1ccccc1C#N. The summed E-state index contributed by atoms with van der Waals surface area (Å²) in [4.78, 5) is 21.9. The summed E-state index contributed by atoms with van der Waals surface area (Å²) in [5, 5.41) is 13.7. The first-order valence-electron chi connectivity index (χ1n) is 4.67. The molecule has 0 spiro atoms. The lowest BCUT2D eigenvalue weighted by Crippen LogP contribution is -2.31. The summed E-state index contributed by atoms with van der Waals surface area (Å²) in [6.45, 7) is 1.23. The number of nitriles is 1. The number of nitrogens with one attached hydrogen (secondary N) is 2. The molecule has 5 heteroatoms. The number of amides is 2. The Hall–Kier alpha value is -2.35. The van der Waals surface area contributed by atoms with E-state index in [1.165, 1.54) is 6.92 Å². The molecular formula is C11H11N3O2. The van der Waals surface area contributed by atoms with E-state index in [2.05, 4.69) is 10.6 Å². The third kappa shape index (κ3) is 3.42. The van der Waals surface area contributed by atoms with E-state index in [9.17, 15) is 9.59 Å². The van der Waals surface area contributed by atoms with Gasteiger partial charge in [-0.1, -0.05) is 12.1 Å².